The van der Waals surface area contributed by atoms with Crippen molar-refractivity contribution in [3.63, 3.8) is 0 Å². The Morgan fingerprint density at radius 3 is 2.92 bits per heavy atom. The van der Waals surface area contributed by atoms with E-state index in [9.17, 15) is 4.79 Å². The normalized spacial score (nSPS) is 9.92. The minimum absolute atomic E-state index is 0.0348. The number of hydrogen-bond acceptors (Lipinski definition) is 3. The van der Waals surface area contributed by atoms with E-state index in [-0.39, 0.29) is 5.91 Å². The van der Waals surface area contributed by atoms with Crippen LogP contribution in [0.2, 0.25) is 0 Å². The van der Waals surface area contributed by atoms with Crippen LogP contribution in [0.3, 0.4) is 0 Å². The van der Waals surface area contributed by atoms with E-state index in [0.717, 1.165) is 5.69 Å². The highest BCUT2D eigenvalue weighted by atomic mass is 127. The first-order chi connectivity index (χ1) is 5.61. The summed E-state index contributed by atoms with van der Waals surface area (Å²) in [6.45, 7) is 2.08. The lowest BCUT2D eigenvalue weighted by Gasteiger charge is -2.12. The van der Waals surface area contributed by atoms with Gasteiger partial charge in [0.2, 0.25) is 5.91 Å². The molecule has 0 N–H and O–H groups in total. The van der Waals surface area contributed by atoms with E-state index in [1.807, 2.05) is 22.9 Å². The maximum atomic E-state index is 10.9. The van der Waals surface area contributed by atoms with Gasteiger partial charge in [-0.15, -0.1) is 5.10 Å². The van der Waals surface area contributed by atoms with Gasteiger partial charge in [0.05, 0.1) is 41.3 Å². The van der Waals surface area contributed by atoms with Crippen molar-refractivity contribution in [2.24, 2.45) is 0 Å². The van der Waals surface area contributed by atoms with Crippen LogP contribution in [0.1, 0.15) is 12.6 Å². The third-order valence-electron chi connectivity index (χ3n) is 1.51. The predicted molar refractivity (Wildman–Crippen MR) is 51.6 cm³/mol. The summed E-state index contributed by atoms with van der Waals surface area (Å²) in [4.78, 5) is 12.5. The Kier molecular flexibility index (Phi) is 3.01. The van der Waals surface area contributed by atoms with Gasteiger partial charge in [0, 0.05) is 14.0 Å². The third kappa shape index (κ3) is 2.16. The van der Waals surface area contributed by atoms with Gasteiger partial charge >= 0.3 is 0 Å². The highest BCUT2D eigenvalue weighted by molar-refractivity contribution is 14.1. The van der Waals surface area contributed by atoms with E-state index < -0.39 is 0 Å². The molecule has 0 fully saturated rings. The van der Waals surface area contributed by atoms with Gasteiger partial charge in [0.25, 0.3) is 0 Å². The monoisotopic (exact) mass is 280 g/mol. The summed E-state index contributed by atoms with van der Waals surface area (Å²) in [7, 11) is 1.74. The van der Waals surface area contributed by atoms with Gasteiger partial charge in [-0.2, -0.15) is 2.90 Å². The van der Waals surface area contributed by atoms with Crippen molar-refractivity contribution < 1.29 is 4.79 Å². The minimum atomic E-state index is 0.0348. The van der Waals surface area contributed by atoms with Gasteiger partial charge in [0.15, 0.2) is 0 Å². The van der Waals surface area contributed by atoms with Gasteiger partial charge in [-0.3, -0.25) is 4.79 Å². The van der Waals surface area contributed by atoms with E-state index in [2.05, 4.69) is 10.3 Å². The minimum Gasteiger partial charge on any atom is -0.340 e. The molecule has 0 spiro atoms. The number of carbonyl (C=O) groups excluding carboxylic acids is 1. The molecule has 0 radical (unpaired) electrons. The first kappa shape index (κ1) is 9.43. The van der Waals surface area contributed by atoms with Gasteiger partial charge in [-0.1, -0.05) is 5.21 Å². The van der Waals surface area contributed by atoms with Crippen LogP contribution in [-0.4, -0.2) is 31.1 Å². The molecule has 1 heterocycles. The smallest absolute Gasteiger partial charge is 0.219 e. The van der Waals surface area contributed by atoms with Crippen molar-refractivity contribution in [1.82, 2.24) is 18.1 Å². The molecule has 0 bridgehead atoms. The number of rotatable bonds is 2. The first-order valence-electron chi connectivity index (χ1n) is 3.38. The molecule has 1 aromatic rings. The van der Waals surface area contributed by atoms with Crippen molar-refractivity contribution in [3.05, 3.63) is 11.9 Å². The van der Waals surface area contributed by atoms with Crippen LogP contribution < -0.4 is 0 Å². The summed E-state index contributed by atoms with van der Waals surface area (Å²) in [5.74, 6) is 0.0348. The van der Waals surface area contributed by atoms with Crippen molar-refractivity contribution in [1.29, 1.82) is 0 Å². The lowest BCUT2D eigenvalue weighted by atomic mass is 10.4. The number of halogens is 1. The van der Waals surface area contributed by atoms with Gasteiger partial charge < -0.3 is 4.90 Å². The Hall–Kier alpha value is -0.660. The molecular weight excluding hydrogens is 271 g/mol. The zero-order valence-electron chi connectivity index (χ0n) is 6.86. The maximum absolute atomic E-state index is 10.9. The van der Waals surface area contributed by atoms with Gasteiger partial charge in [-0.05, 0) is 0 Å². The van der Waals surface area contributed by atoms with E-state index in [4.69, 9.17) is 0 Å². The molecule has 0 unspecified atom stereocenters. The molecule has 0 atom stereocenters. The molecule has 66 valence electrons. The fourth-order valence-corrected chi connectivity index (χ4v) is 1.08. The second-order valence-electron chi connectivity index (χ2n) is 2.46. The number of aromatic nitrogens is 3. The lowest BCUT2D eigenvalue weighted by molar-refractivity contribution is -0.128. The average Bonchev–Trinajstić information content (AvgIpc) is 2.36. The van der Waals surface area contributed by atoms with Crippen LogP contribution in [-0.2, 0) is 11.3 Å². The molecule has 12 heavy (non-hydrogen) atoms. The molecule has 6 heteroatoms. The predicted octanol–water partition coefficient (Wildman–Crippen LogP) is 0.455. The summed E-state index contributed by atoms with van der Waals surface area (Å²) >= 11 is 2.02. The van der Waals surface area contributed by atoms with Crippen molar-refractivity contribution in [2.75, 3.05) is 7.05 Å². The molecule has 0 saturated carbocycles. The number of hydrogen-bond donors (Lipinski definition) is 0. The van der Waals surface area contributed by atoms with Crippen LogP contribution in [0.4, 0.5) is 0 Å². The Balaban J connectivity index is 2.64. The molecule has 5 nitrogen and oxygen atoms in total. The van der Waals surface area contributed by atoms with Gasteiger partial charge in [0.1, 0.15) is 0 Å². The molecule has 1 aromatic heterocycles. The Bertz CT molecular complexity index is 285. The quantitative estimate of drug-likeness (QED) is 0.739. The summed E-state index contributed by atoms with van der Waals surface area (Å²) in [6, 6.07) is 0. The van der Waals surface area contributed by atoms with Crippen LogP contribution in [0, 0.1) is 0 Å². The van der Waals surface area contributed by atoms with Crippen LogP contribution >= 0.6 is 22.9 Å². The summed E-state index contributed by atoms with van der Waals surface area (Å²) < 4.78 is 1.62. The molecule has 0 aliphatic rings. The molecule has 0 aromatic carbocycles. The lowest BCUT2D eigenvalue weighted by Crippen LogP contribution is -2.23. The zero-order valence-corrected chi connectivity index (χ0v) is 9.02. The summed E-state index contributed by atoms with van der Waals surface area (Å²) in [5, 5.41) is 7.45. The van der Waals surface area contributed by atoms with Crippen LogP contribution in [0.15, 0.2) is 6.20 Å². The molecule has 1 amide bonds. The average molecular weight is 280 g/mol. The van der Waals surface area contributed by atoms with Crippen LogP contribution in [0.5, 0.6) is 0 Å². The van der Waals surface area contributed by atoms with Crippen LogP contribution in [0.25, 0.3) is 0 Å². The topological polar surface area (TPSA) is 51.0 Å². The summed E-state index contributed by atoms with van der Waals surface area (Å²) in [6.07, 6.45) is 1.64. The summed E-state index contributed by atoms with van der Waals surface area (Å²) in [5.41, 5.74) is 0.910. The highest BCUT2D eigenvalue weighted by Gasteiger charge is 2.06. The van der Waals surface area contributed by atoms with E-state index in [0.29, 0.717) is 6.54 Å². The van der Waals surface area contributed by atoms with E-state index in [1.165, 1.54) is 6.92 Å². The van der Waals surface area contributed by atoms with E-state index in [1.54, 1.807) is 21.0 Å². The zero-order chi connectivity index (χ0) is 9.14. The number of amides is 1. The molecule has 1 rings (SSSR count). The molecule has 0 saturated heterocycles. The van der Waals surface area contributed by atoms with Crippen molar-refractivity contribution in [2.45, 2.75) is 13.5 Å². The highest BCUT2D eigenvalue weighted by Crippen LogP contribution is 2.03. The van der Waals surface area contributed by atoms with Crippen molar-refractivity contribution >= 4 is 28.8 Å². The fraction of sp³-hybridized carbons (Fsp3) is 0.500. The number of nitrogens with zero attached hydrogens (tertiary/aromatic N) is 4. The first-order valence-corrected chi connectivity index (χ1v) is 4.35. The maximum Gasteiger partial charge on any atom is 0.219 e. The Morgan fingerprint density at radius 1 is 1.83 bits per heavy atom. The van der Waals surface area contributed by atoms with E-state index >= 15 is 0 Å². The molecule has 0 aliphatic carbocycles. The molecule has 0 aliphatic heterocycles. The van der Waals surface area contributed by atoms with Gasteiger partial charge in [-0.25, -0.2) is 0 Å². The Morgan fingerprint density at radius 2 is 2.50 bits per heavy atom. The fourth-order valence-electron chi connectivity index (χ4n) is 0.696. The number of carbonyl (C=O) groups is 1. The largest absolute Gasteiger partial charge is 0.340 e. The standard InChI is InChI=1S/C6H9IN4O/c1-5(12)10(2)4-6-3-8-9-11(6)7/h3H,4H2,1-2H3. The SMILES string of the molecule is CC(=O)N(C)Cc1cnnn1I. The van der Waals surface area contributed by atoms with Crippen molar-refractivity contribution in [3.8, 4) is 0 Å². The third-order valence-corrected chi connectivity index (χ3v) is 2.32. The molecular formula is C6H9IN4O. The second kappa shape index (κ2) is 3.83. The Labute approximate surface area is 84.2 Å². The second-order valence-corrected chi connectivity index (χ2v) is 3.37.